The minimum atomic E-state index is -0.138. The molecule has 0 amide bonds. The third kappa shape index (κ3) is 2.58. The van der Waals surface area contributed by atoms with Crippen LogP contribution in [0.15, 0.2) is 16.6 Å². The van der Waals surface area contributed by atoms with Crippen LogP contribution in [0.4, 0.5) is 4.39 Å². The molecule has 0 aromatic heterocycles. The van der Waals surface area contributed by atoms with Gasteiger partial charge in [0.15, 0.2) is 0 Å². The maximum absolute atomic E-state index is 13.4. The number of hydrogen-bond acceptors (Lipinski definition) is 1. The van der Waals surface area contributed by atoms with Crippen LogP contribution >= 0.6 is 15.9 Å². The smallest absolute Gasteiger partial charge is 0.127 e. The van der Waals surface area contributed by atoms with E-state index in [1.165, 1.54) is 0 Å². The van der Waals surface area contributed by atoms with Gasteiger partial charge in [-0.2, -0.15) is 0 Å². The first-order chi connectivity index (χ1) is 7.00. The first-order valence-corrected chi connectivity index (χ1v) is 6.03. The molecule has 1 nitrogen and oxygen atoms in total. The third-order valence-corrected chi connectivity index (χ3v) is 3.97. The molecule has 0 radical (unpaired) electrons. The second kappa shape index (κ2) is 3.87. The lowest BCUT2D eigenvalue weighted by molar-refractivity contribution is 0.595. The molecule has 0 spiro atoms. The molecule has 0 atom stereocenters. The van der Waals surface area contributed by atoms with Crippen LogP contribution in [0.2, 0.25) is 0 Å². The fraction of sp³-hybridized carbons (Fsp3) is 0.500. The van der Waals surface area contributed by atoms with Crippen molar-refractivity contribution in [1.82, 2.24) is 0 Å². The van der Waals surface area contributed by atoms with Gasteiger partial charge in [0.2, 0.25) is 0 Å². The zero-order valence-corrected chi connectivity index (χ0v) is 10.4. The zero-order valence-electron chi connectivity index (χ0n) is 8.82. The van der Waals surface area contributed by atoms with Crippen molar-refractivity contribution in [1.29, 1.82) is 0 Å². The zero-order chi connectivity index (χ0) is 11.1. The minimum Gasteiger partial charge on any atom is -0.325 e. The van der Waals surface area contributed by atoms with Crippen molar-refractivity contribution in [2.75, 3.05) is 0 Å². The Bertz CT molecular complexity index is 362. The van der Waals surface area contributed by atoms with E-state index in [1.807, 2.05) is 6.07 Å². The quantitative estimate of drug-likeness (QED) is 0.897. The van der Waals surface area contributed by atoms with E-state index in [9.17, 15) is 4.39 Å². The largest absolute Gasteiger partial charge is 0.325 e. The summed E-state index contributed by atoms with van der Waals surface area (Å²) in [7, 11) is 0. The number of nitrogens with two attached hydrogens (primary N) is 1. The van der Waals surface area contributed by atoms with Crippen LogP contribution in [0.25, 0.3) is 0 Å². The number of halogens is 2. The summed E-state index contributed by atoms with van der Waals surface area (Å²) in [5.41, 5.74) is 7.75. The monoisotopic (exact) mass is 271 g/mol. The molecule has 15 heavy (non-hydrogen) atoms. The maximum Gasteiger partial charge on any atom is 0.127 e. The summed E-state index contributed by atoms with van der Waals surface area (Å²) in [5.74, 6) is -0.138. The molecule has 2 N–H and O–H groups in total. The molecule has 82 valence electrons. The van der Waals surface area contributed by atoms with Gasteiger partial charge < -0.3 is 5.73 Å². The average molecular weight is 272 g/mol. The van der Waals surface area contributed by atoms with Gasteiger partial charge in [0.1, 0.15) is 5.82 Å². The van der Waals surface area contributed by atoms with E-state index in [4.69, 9.17) is 5.73 Å². The summed E-state index contributed by atoms with van der Waals surface area (Å²) in [6.45, 7) is 1.77. The summed E-state index contributed by atoms with van der Waals surface area (Å²) in [6, 6.07) is 3.61. The third-order valence-electron chi connectivity index (χ3n) is 3.14. The first kappa shape index (κ1) is 11.1. The lowest BCUT2D eigenvalue weighted by Crippen LogP contribution is -2.22. The molecule has 0 aliphatic heterocycles. The van der Waals surface area contributed by atoms with Gasteiger partial charge in [0.05, 0.1) is 0 Å². The van der Waals surface area contributed by atoms with Crippen LogP contribution in [-0.4, -0.2) is 5.54 Å². The highest BCUT2D eigenvalue weighted by Gasteiger charge is 2.37. The molecule has 3 heteroatoms. The van der Waals surface area contributed by atoms with Crippen LogP contribution in [0.1, 0.15) is 30.4 Å². The number of aryl methyl sites for hydroxylation is 1. The molecular weight excluding hydrogens is 257 g/mol. The Morgan fingerprint density at radius 1 is 1.47 bits per heavy atom. The second-order valence-electron chi connectivity index (χ2n) is 4.55. The SMILES string of the molecule is Cc1c(F)cc(CCC2(N)CC2)cc1Br. The van der Waals surface area contributed by atoms with Gasteiger partial charge in [0.25, 0.3) is 0 Å². The molecule has 1 aromatic carbocycles. The molecule has 1 fully saturated rings. The van der Waals surface area contributed by atoms with E-state index >= 15 is 0 Å². The summed E-state index contributed by atoms with van der Waals surface area (Å²) in [4.78, 5) is 0. The average Bonchev–Trinajstić information content (AvgIpc) is 2.90. The molecule has 1 aliphatic carbocycles. The van der Waals surface area contributed by atoms with Gasteiger partial charge in [-0.05, 0) is 55.9 Å². The van der Waals surface area contributed by atoms with E-state index in [1.54, 1.807) is 13.0 Å². The van der Waals surface area contributed by atoms with Crippen molar-refractivity contribution >= 4 is 15.9 Å². The van der Waals surface area contributed by atoms with Crippen molar-refractivity contribution in [2.24, 2.45) is 5.73 Å². The topological polar surface area (TPSA) is 26.0 Å². The van der Waals surface area contributed by atoms with Crippen LogP contribution in [0.3, 0.4) is 0 Å². The van der Waals surface area contributed by atoms with Gasteiger partial charge in [-0.1, -0.05) is 15.9 Å². The van der Waals surface area contributed by atoms with Gasteiger partial charge in [-0.25, -0.2) is 4.39 Å². The van der Waals surface area contributed by atoms with Crippen molar-refractivity contribution in [3.05, 3.63) is 33.5 Å². The summed E-state index contributed by atoms with van der Waals surface area (Å²) >= 11 is 3.36. The highest BCUT2D eigenvalue weighted by molar-refractivity contribution is 9.10. The van der Waals surface area contributed by atoms with E-state index in [0.717, 1.165) is 35.7 Å². The first-order valence-electron chi connectivity index (χ1n) is 5.24. The minimum absolute atomic E-state index is 0.0494. The van der Waals surface area contributed by atoms with Crippen LogP contribution in [-0.2, 0) is 6.42 Å². The molecule has 1 saturated carbocycles. The Kier molecular flexibility index (Phi) is 2.86. The van der Waals surface area contributed by atoms with Crippen molar-refractivity contribution in [2.45, 2.75) is 38.1 Å². The van der Waals surface area contributed by atoms with E-state index < -0.39 is 0 Å². The lowest BCUT2D eigenvalue weighted by Gasteiger charge is -2.09. The van der Waals surface area contributed by atoms with Crippen molar-refractivity contribution < 1.29 is 4.39 Å². The molecule has 2 rings (SSSR count). The molecule has 1 aromatic rings. The van der Waals surface area contributed by atoms with Crippen LogP contribution in [0.5, 0.6) is 0 Å². The summed E-state index contributed by atoms with van der Waals surface area (Å²) < 4.78 is 14.3. The molecule has 0 unspecified atom stereocenters. The second-order valence-corrected chi connectivity index (χ2v) is 5.40. The molecular formula is C12H15BrFN. The highest BCUT2D eigenvalue weighted by Crippen LogP contribution is 2.36. The number of benzene rings is 1. The maximum atomic E-state index is 13.4. The Balaban J connectivity index is 2.08. The summed E-state index contributed by atoms with van der Waals surface area (Å²) in [6.07, 6.45) is 4.05. The van der Waals surface area contributed by atoms with Crippen LogP contribution in [0, 0.1) is 12.7 Å². The normalized spacial score (nSPS) is 17.9. The predicted octanol–water partition coefficient (Wildman–Crippen LogP) is 3.32. The predicted molar refractivity (Wildman–Crippen MR) is 63.3 cm³/mol. The van der Waals surface area contributed by atoms with Crippen LogP contribution < -0.4 is 5.73 Å². The molecule has 0 bridgehead atoms. The fourth-order valence-corrected chi connectivity index (χ4v) is 2.13. The van der Waals surface area contributed by atoms with E-state index in [-0.39, 0.29) is 11.4 Å². The van der Waals surface area contributed by atoms with Crippen molar-refractivity contribution in [3.8, 4) is 0 Å². The number of hydrogen-bond donors (Lipinski definition) is 1. The lowest BCUT2D eigenvalue weighted by atomic mass is 10.0. The standard InChI is InChI=1S/C12H15BrFN/c1-8-10(13)6-9(7-11(8)14)2-3-12(15)4-5-12/h6-7H,2-5,15H2,1H3. The van der Waals surface area contributed by atoms with Gasteiger partial charge in [-0.15, -0.1) is 0 Å². The summed E-state index contributed by atoms with van der Waals surface area (Å²) in [5, 5.41) is 0. The Morgan fingerprint density at radius 2 is 2.13 bits per heavy atom. The Hall–Kier alpha value is -0.410. The van der Waals surface area contributed by atoms with Gasteiger partial charge in [0, 0.05) is 10.0 Å². The molecule has 0 saturated heterocycles. The van der Waals surface area contributed by atoms with E-state index in [2.05, 4.69) is 15.9 Å². The Morgan fingerprint density at radius 3 is 2.67 bits per heavy atom. The number of rotatable bonds is 3. The Labute approximate surface area is 98.0 Å². The van der Waals surface area contributed by atoms with E-state index in [0.29, 0.717) is 5.56 Å². The molecule has 1 aliphatic rings. The highest BCUT2D eigenvalue weighted by atomic mass is 79.9. The van der Waals surface area contributed by atoms with Crippen molar-refractivity contribution in [3.63, 3.8) is 0 Å². The van der Waals surface area contributed by atoms with Gasteiger partial charge in [-0.3, -0.25) is 0 Å². The molecule has 0 heterocycles. The fourth-order valence-electron chi connectivity index (χ4n) is 1.65. The van der Waals surface area contributed by atoms with Gasteiger partial charge >= 0.3 is 0 Å².